The summed E-state index contributed by atoms with van der Waals surface area (Å²) in [6, 6.07) is 8.93. The minimum atomic E-state index is -0.972. The summed E-state index contributed by atoms with van der Waals surface area (Å²) >= 11 is 0. The quantitative estimate of drug-likeness (QED) is 0.805. The Bertz CT molecular complexity index is 444. The Morgan fingerprint density at radius 1 is 1.20 bits per heavy atom. The fourth-order valence-corrected chi connectivity index (χ4v) is 2.09. The third kappa shape index (κ3) is 4.68. The van der Waals surface area contributed by atoms with Crippen molar-refractivity contribution in [3.63, 3.8) is 0 Å². The zero-order valence-electron chi connectivity index (χ0n) is 12.3. The number of carboxylic acid groups (broad SMARTS) is 1. The molecule has 0 saturated heterocycles. The van der Waals surface area contributed by atoms with Gasteiger partial charge in [-0.25, -0.2) is 4.79 Å². The lowest BCUT2D eigenvalue weighted by atomic mass is 9.96. The Balaban J connectivity index is 2.60. The predicted molar refractivity (Wildman–Crippen MR) is 78.5 cm³/mol. The molecule has 2 N–H and O–H groups in total. The second kappa shape index (κ2) is 7.68. The van der Waals surface area contributed by atoms with Crippen molar-refractivity contribution < 1.29 is 14.7 Å². The van der Waals surface area contributed by atoms with Crippen LogP contribution >= 0.6 is 0 Å². The number of rotatable bonds is 7. The first-order chi connectivity index (χ1) is 9.45. The molecule has 0 aromatic heterocycles. The topological polar surface area (TPSA) is 66.4 Å². The maximum Gasteiger partial charge on any atom is 0.326 e. The number of carbonyl (C=O) groups excluding carboxylic acids is 1. The first-order valence-corrected chi connectivity index (χ1v) is 7.02. The van der Waals surface area contributed by atoms with Gasteiger partial charge < -0.3 is 10.4 Å². The molecule has 3 atom stereocenters. The van der Waals surface area contributed by atoms with E-state index in [1.807, 2.05) is 51.1 Å². The summed E-state index contributed by atoms with van der Waals surface area (Å²) in [7, 11) is 0. The van der Waals surface area contributed by atoms with Crippen LogP contribution in [0.3, 0.4) is 0 Å². The van der Waals surface area contributed by atoms with Crippen LogP contribution in [-0.4, -0.2) is 23.0 Å². The molecule has 1 amide bonds. The zero-order valence-corrected chi connectivity index (χ0v) is 12.3. The zero-order chi connectivity index (χ0) is 15.1. The van der Waals surface area contributed by atoms with Crippen molar-refractivity contribution in [1.29, 1.82) is 0 Å². The number of hydrogen-bond donors (Lipinski definition) is 2. The van der Waals surface area contributed by atoms with Crippen LogP contribution in [0.15, 0.2) is 30.3 Å². The number of nitrogens with one attached hydrogen (secondary N) is 1. The number of carbonyl (C=O) groups is 2. The van der Waals surface area contributed by atoms with E-state index in [9.17, 15) is 9.59 Å². The number of amides is 1. The third-order valence-electron chi connectivity index (χ3n) is 3.66. The molecular formula is C16H23NO3. The van der Waals surface area contributed by atoms with E-state index in [0.717, 1.165) is 5.56 Å². The minimum Gasteiger partial charge on any atom is -0.480 e. The van der Waals surface area contributed by atoms with E-state index in [2.05, 4.69) is 5.32 Å². The molecule has 0 aliphatic carbocycles. The molecule has 110 valence electrons. The van der Waals surface area contributed by atoms with Crippen molar-refractivity contribution in [2.45, 2.75) is 45.6 Å². The fraction of sp³-hybridized carbons (Fsp3) is 0.500. The van der Waals surface area contributed by atoms with Gasteiger partial charge in [-0.1, -0.05) is 57.5 Å². The molecule has 4 nitrogen and oxygen atoms in total. The van der Waals surface area contributed by atoms with Gasteiger partial charge in [0.2, 0.25) is 5.91 Å². The maximum atomic E-state index is 12.0. The van der Waals surface area contributed by atoms with E-state index >= 15 is 0 Å². The molecule has 0 aliphatic rings. The molecule has 0 radical (unpaired) electrons. The van der Waals surface area contributed by atoms with Gasteiger partial charge in [0.05, 0.1) is 0 Å². The SMILES string of the molecule is CC[C@H](C)[C@H](NC(=O)CC(C)c1ccccc1)C(=O)O. The molecule has 1 aromatic carbocycles. The number of carboxylic acids is 1. The van der Waals surface area contributed by atoms with Crippen molar-refractivity contribution in [3.05, 3.63) is 35.9 Å². The second-order valence-electron chi connectivity index (χ2n) is 5.28. The average molecular weight is 277 g/mol. The minimum absolute atomic E-state index is 0.0718. The van der Waals surface area contributed by atoms with Crippen LogP contribution in [0, 0.1) is 5.92 Å². The number of benzene rings is 1. The summed E-state index contributed by atoms with van der Waals surface area (Å²) < 4.78 is 0. The highest BCUT2D eigenvalue weighted by Crippen LogP contribution is 2.18. The van der Waals surface area contributed by atoms with E-state index in [0.29, 0.717) is 12.8 Å². The molecule has 1 unspecified atom stereocenters. The van der Waals surface area contributed by atoms with Crippen LogP contribution < -0.4 is 5.32 Å². The van der Waals surface area contributed by atoms with Crippen LogP contribution in [-0.2, 0) is 9.59 Å². The van der Waals surface area contributed by atoms with E-state index in [1.165, 1.54) is 0 Å². The summed E-state index contributed by atoms with van der Waals surface area (Å²) in [6.45, 7) is 5.72. The van der Waals surface area contributed by atoms with Gasteiger partial charge in [-0.3, -0.25) is 4.79 Å². The van der Waals surface area contributed by atoms with Gasteiger partial charge in [-0.05, 0) is 17.4 Å². The Morgan fingerprint density at radius 2 is 1.80 bits per heavy atom. The molecule has 1 aromatic rings. The van der Waals surface area contributed by atoms with E-state index in [4.69, 9.17) is 5.11 Å². The van der Waals surface area contributed by atoms with Crippen molar-refractivity contribution in [3.8, 4) is 0 Å². The van der Waals surface area contributed by atoms with E-state index in [1.54, 1.807) is 0 Å². The predicted octanol–water partition coefficient (Wildman–Crippen LogP) is 2.80. The number of aliphatic carboxylic acids is 1. The van der Waals surface area contributed by atoms with Crippen molar-refractivity contribution >= 4 is 11.9 Å². The van der Waals surface area contributed by atoms with Crippen LogP contribution in [0.1, 0.15) is 45.1 Å². The van der Waals surface area contributed by atoms with Crippen molar-refractivity contribution in [2.75, 3.05) is 0 Å². The maximum absolute atomic E-state index is 12.0. The summed E-state index contributed by atoms with van der Waals surface area (Å²) in [5, 5.41) is 11.8. The third-order valence-corrected chi connectivity index (χ3v) is 3.66. The van der Waals surface area contributed by atoms with Gasteiger partial charge in [-0.2, -0.15) is 0 Å². The van der Waals surface area contributed by atoms with Crippen LogP contribution in [0.4, 0.5) is 0 Å². The molecule has 0 bridgehead atoms. The highest BCUT2D eigenvalue weighted by atomic mass is 16.4. The van der Waals surface area contributed by atoms with Gasteiger partial charge in [0, 0.05) is 6.42 Å². The summed E-state index contributed by atoms with van der Waals surface area (Å²) in [4.78, 5) is 23.2. The monoisotopic (exact) mass is 277 g/mol. The standard InChI is InChI=1S/C16H23NO3/c1-4-11(2)15(16(19)20)17-14(18)10-12(3)13-8-6-5-7-9-13/h5-9,11-12,15H,4,10H2,1-3H3,(H,17,18)(H,19,20)/t11-,12?,15-/m0/s1. The summed E-state index contributed by atoms with van der Waals surface area (Å²) in [5.41, 5.74) is 1.08. The molecular weight excluding hydrogens is 254 g/mol. The largest absolute Gasteiger partial charge is 0.480 e. The average Bonchev–Trinajstić information content (AvgIpc) is 2.44. The van der Waals surface area contributed by atoms with Gasteiger partial charge in [0.1, 0.15) is 6.04 Å². The van der Waals surface area contributed by atoms with Gasteiger partial charge in [0.15, 0.2) is 0 Å². The Morgan fingerprint density at radius 3 is 2.30 bits per heavy atom. The smallest absolute Gasteiger partial charge is 0.326 e. The normalized spacial score (nSPS) is 15.2. The van der Waals surface area contributed by atoms with Gasteiger partial charge >= 0.3 is 5.97 Å². The van der Waals surface area contributed by atoms with Crippen molar-refractivity contribution in [1.82, 2.24) is 5.32 Å². The molecule has 20 heavy (non-hydrogen) atoms. The van der Waals surface area contributed by atoms with Crippen LogP contribution in [0.5, 0.6) is 0 Å². The second-order valence-corrected chi connectivity index (χ2v) is 5.28. The summed E-state index contributed by atoms with van der Waals surface area (Å²) in [6.07, 6.45) is 1.01. The van der Waals surface area contributed by atoms with Gasteiger partial charge in [0.25, 0.3) is 0 Å². The van der Waals surface area contributed by atoms with Crippen LogP contribution in [0.25, 0.3) is 0 Å². The lowest BCUT2D eigenvalue weighted by Gasteiger charge is -2.21. The Kier molecular flexibility index (Phi) is 6.22. The first kappa shape index (κ1) is 16.2. The fourth-order valence-electron chi connectivity index (χ4n) is 2.09. The molecule has 1 rings (SSSR count). The highest BCUT2D eigenvalue weighted by molar-refractivity contribution is 5.84. The molecule has 4 heteroatoms. The van der Waals surface area contributed by atoms with Gasteiger partial charge in [-0.15, -0.1) is 0 Å². The molecule has 0 spiro atoms. The molecule has 0 aliphatic heterocycles. The van der Waals surface area contributed by atoms with Crippen LogP contribution in [0.2, 0.25) is 0 Å². The lowest BCUT2D eigenvalue weighted by Crippen LogP contribution is -2.45. The lowest BCUT2D eigenvalue weighted by molar-refractivity contribution is -0.143. The Labute approximate surface area is 120 Å². The Hall–Kier alpha value is -1.84. The summed E-state index contributed by atoms with van der Waals surface area (Å²) in [5.74, 6) is -1.19. The van der Waals surface area contributed by atoms with E-state index in [-0.39, 0.29) is 17.7 Å². The molecule has 0 heterocycles. The van der Waals surface area contributed by atoms with E-state index < -0.39 is 12.0 Å². The number of hydrogen-bond acceptors (Lipinski definition) is 2. The highest BCUT2D eigenvalue weighted by Gasteiger charge is 2.25. The first-order valence-electron chi connectivity index (χ1n) is 7.02. The molecule has 0 fully saturated rings. The molecule has 0 saturated carbocycles. The van der Waals surface area contributed by atoms with Crippen molar-refractivity contribution in [2.24, 2.45) is 5.92 Å².